The van der Waals surface area contributed by atoms with Crippen molar-refractivity contribution in [3.63, 3.8) is 0 Å². The Morgan fingerprint density at radius 1 is 1.11 bits per heavy atom. The lowest BCUT2D eigenvalue weighted by molar-refractivity contribution is 0.130. The molecule has 3 rings (SSSR count). The fourth-order valence-corrected chi connectivity index (χ4v) is 3.56. The lowest BCUT2D eigenvalue weighted by atomic mass is 9.85. The molecule has 2 saturated carbocycles. The van der Waals surface area contributed by atoms with Crippen LogP contribution in [0.3, 0.4) is 0 Å². The highest BCUT2D eigenvalue weighted by Gasteiger charge is 2.34. The lowest BCUT2D eigenvalue weighted by Gasteiger charge is -2.27. The van der Waals surface area contributed by atoms with Gasteiger partial charge in [0.1, 0.15) is 6.61 Å². The van der Waals surface area contributed by atoms with Crippen LogP contribution in [0.4, 0.5) is 4.79 Å². The number of ether oxygens (including phenoxy) is 1. The molecule has 0 radical (unpaired) electrons. The highest BCUT2D eigenvalue weighted by Crippen LogP contribution is 2.41. The maximum absolute atomic E-state index is 11.8. The summed E-state index contributed by atoms with van der Waals surface area (Å²) in [5.74, 6) is 1.66. The van der Waals surface area contributed by atoms with Gasteiger partial charge in [0, 0.05) is 6.04 Å². The molecule has 2 aliphatic rings. The maximum atomic E-state index is 11.8. The van der Waals surface area contributed by atoms with E-state index in [0.717, 1.165) is 30.2 Å². The molecular weight excluding hydrogens is 238 g/mol. The van der Waals surface area contributed by atoms with Crippen LogP contribution >= 0.6 is 0 Å². The lowest BCUT2D eigenvalue weighted by Crippen LogP contribution is -2.39. The Bertz CT molecular complexity index is 420. The molecule has 2 bridgehead atoms. The first-order chi connectivity index (χ1) is 9.29. The van der Waals surface area contributed by atoms with Gasteiger partial charge < -0.3 is 10.1 Å². The number of carbonyl (C=O) groups is 1. The third kappa shape index (κ3) is 3.28. The van der Waals surface area contributed by atoms with Crippen molar-refractivity contribution in [2.24, 2.45) is 11.8 Å². The zero-order chi connectivity index (χ0) is 13.1. The van der Waals surface area contributed by atoms with Crippen molar-refractivity contribution < 1.29 is 9.53 Å². The van der Waals surface area contributed by atoms with Gasteiger partial charge in [-0.2, -0.15) is 0 Å². The summed E-state index contributed by atoms with van der Waals surface area (Å²) in [5.41, 5.74) is 1.03. The third-order valence-electron chi connectivity index (χ3n) is 4.42. The Labute approximate surface area is 114 Å². The van der Waals surface area contributed by atoms with E-state index in [2.05, 4.69) is 5.32 Å². The molecule has 3 atom stereocenters. The first-order valence-electron chi connectivity index (χ1n) is 7.27. The number of alkyl carbamates (subject to hydrolysis) is 1. The minimum absolute atomic E-state index is 0.268. The van der Waals surface area contributed by atoms with Crippen molar-refractivity contribution >= 4 is 6.09 Å². The first-order valence-corrected chi connectivity index (χ1v) is 7.27. The number of nitrogens with one attached hydrogen (secondary N) is 1. The molecule has 1 aromatic rings. The Morgan fingerprint density at radius 2 is 1.79 bits per heavy atom. The van der Waals surface area contributed by atoms with Gasteiger partial charge in [0.15, 0.2) is 0 Å². The standard InChI is InChI=1S/C16H21NO2/c18-16(19-11-12-4-2-1-3-5-12)17-15-9-13-6-7-14(8-13)10-15/h1-5,13-15H,6-11H2,(H,17,18)/t13-,14+,15?. The molecule has 2 fully saturated rings. The fourth-order valence-electron chi connectivity index (χ4n) is 3.56. The van der Waals surface area contributed by atoms with Gasteiger partial charge in [0.05, 0.1) is 0 Å². The van der Waals surface area contributed by atoms with Crippen molar-refractivity contribution in [2.45, 2.75) is 44.8 Å². The van der Waals surface area contributed by atoms with E-state index in [-0.39, 0.29) is 6.09 Å². The Hall–Kier alpha value is -1.51. The number of carbonyl (C=O) groups excluding carboxylic acids is 1. The summed E-state index contributed by atoms with van der Waals surface area (Å²) >= 11 is 0. The number of benzene rings is 1. The average Bonchev–Trinajstić information content (AvgIpc) is 2.77. The van der Waals surface area contributed by atoms with Crippen LogP contribution < -0.4 is 5.32 Å². The quantitative estimate of drug-likeness (QED) is 0.902. The predicted octanol–water partition coefficient (Wildman–Crippen LogP) is 3.49. The second-order valence-electron chi connectivity index (χ2n) is 5.92. The molecule has 0 heterocycles. The van der Waals surface area contributed by atoms with E-state index in [4.69, 9.17) is 4.74 Å². The second kappa shape index (κ2) is 5.64. The largest absolute Gasteiger partial charge is 0.445 e. The normalized spacial score (nSPS) is 28.9. The highest BCUT2D eigenvalue weighted by molar-refractivity contribution is 5.67. The van der Waals surface area contributed by atoms with E-state index in [1.807, 2.05) is 30.3 Å². The van der Waals surface area contributed by atoms with Gasteiger partial charge in [-0.15, -0.1) is 0 Å². The minimum atomic E-state index is -0.268. The summed E-state index contributed by atoms with van der Waals surface area (Å²) in [7, 11) is 0. The Kier molecular flexibility index (Phi) is 3.72. The Balaban J connectivity index is 1.44. The van der Waals surface area contributed by atoms with Crippen LogP contribution in [0, 0.1) is 11.8 Å². The summed E-state index contributed by atoms with van der Waals surface area (Å²) < 4.78 is 5.27. The topological polar surface area (TPSA) is 38.3 Å². The molecule has 19 heavy (non-hydrogen) atoms. The van der Waals surface area contributed by atoms with Crippen LogP contribution in [-0.2, 0) is 11.3 Å². The first kappa shape index (κ1) is 12.5. The number of rotatable bonds is 3. The van der Waals surface area contributed by atoms with Crippen LogP contribution in [-0.4, -0.2) is 12.1 Å². The van der Waals surface area contributed by atoms with Crippen molar-refractivity contribution in [1.82, 2.24) is 5.32 Å². The molecule has 0 aliphatic heterocycles. The summed E-state index contributed by atoms with van der Waals surface area (Å²) in [5, 5.41) is 3.03. The monoisotopic (exact) mass is 259 g/mol. The van der Waals surface area contributed by atoms with Gasteiger partial charge in [-0.25, -0.2) is 4.79 Å². The van der Waals surface area contributed by atoms with E-state index in [9.17, 15) is 4.79 Å². The van der Waals surface area contributed by atoms with Gasteiger partial charge in [0.25, 0.3) is 0 Å². The number of hydrogen-bond donors (Lipinski definition) is 1. The number of hydrogen-bond acceptors (Lipinski definition) is 2. The van der Waals surface area contributed by atoms with Crippen molar-refractivity contribution in [3.8, 4) is 0 Å². The summed E-state index contributed by atoms with van der Waals surface area (Å²) in [4.78, 5) is 11.8. The molecule has 1 aromatic carbocycles. The number of fused-ring (bicyclic) bond motifs is 2. The van der Waals surface area contributed by atoms with Crippen LogP contribution in [0.15, 0.2) is 30.3 Å². The highest BCUT2D eigenvalue weighted by atomic mass is 16.5. The zero-order valence-electron chi connectivity index (χ0n) is 11.2. The van der Waals surface area contributed by atoms with Crippen molar-refractivity contribution in [1.29, 1.82) is 0 Å². The second-order valence-corrected chi connectivity index (χ2v) is 5.92. The van der Waals surface area contributed by atoms with Gasteiger partial charge in [-0.1, -0.05) is 43.2 Å². The molecule has 3 nitrogen and oxygen atoms in total. The van der Waals surface area contributed by atoms with Crippen LogP contribution in [0.5, 0.6) is 0 Å². The van der Waals surface area contributed by atoms with Gasteiger partial charge in [0.2, 0.25) is 0 Å². The van der Waals surface area contributed by atoms with Crippen LogP contribution in [0.1, 0.15) is 37.7 Å². The summed E-state index contributed by atoms with van der Waals surface area (Å²) in [6.45, 7) is 0.353. The molecule has 1 unspecified atom stereocenters. The summed E-state index contributed by atoms with van der Waals surface area (Å²) in [6, 6.07) is 10.1. The van der Waals surface area contributed by atoms with E-state index < -0.39 is 0 Å². The molecule has 0 aromatic heterocycles. The van der Waals surface area contributed by atoms with Crippen LogP contribution in [0.2, 0.25) is 0 Å². The smallest absolute Gasteiger partial charge is 0.407 e. The van der Waals surface area contributed by atoms with E-state index in [1.165, 1.54) is 19.3 Å². The molecular formula is C16H21NO2. The molecule has 1 amide bonds. The fraction of sp³-hybridized carbons (Fsp3) is 0.562. The van der Waals surface area contributed by atoms with Gasteiger partial charge in [-0.3, -0.25) is 0 Å². The molecule has 0 saturated heterocycles. The SMILES string of the molecule is O=C(NC1C[C@H]2CC[C@@H](C1)C2)OCc1ccccc1. The van der Waals surface area contributed by atoms with E-state index in [0.29, 0.717) is 12.6 Å². The molecule has 3 heteroatoms. The van der Waals surface area contributed by atoms with E-state index in [1.54, 1.807) is 0 Å². The maximum Gasteiger partial charge on any atom is 0.407 e. The van der Waals surface area contributed by atoms with Crippen molar-refractivity contribution in [3.05, 3.63) is 35.9 Å². The van der Waals surface area contributed by atoms with Gasteiger partial charge in [-0.05, 0) is 36.7 Å². The van der Waals surface area contributed by atoms with E-state index >= 15 is 0 Å². The predicted molar refractivity (Wildman–Crippen MR) is 73.6 cm³/mol. The molecule has 1 N–H and O–H groups in total. The Morgan fingerprint density at radius 3 is 2.47 bits per heavy atom. The molecule has 102 valence electrons. The molecule has 0 spiro atoms. The minimum Gasteiger partial charge on any atom is -0.445 e. The third-order valence-corrected chi connectivity index (χ3v) is 4.42. The average molecular weight is 259 g/mol. The van der Waals surface area contributed by atoms with Crippen molar-refractivity contribution in [2.75, 3.05) is 0 Å². The summed E-state index contributed by atoms with van der Waals surface area (Å²) in [6.07, 6.45) is 6.07. The number of amides is 1. The molecule has 2 aliphatic carbocycles. The zero-order valence-corrected chi connectivity index (χ0v) is 11.2. The van der Waals surface area contributed by atoms with Gasteiger partial charge >= 0.3 is 6.09 Å². The van der Waals surface area contributed by atoms with Crippen LogP contribution in [0.25, 0.3) is 0 Å².